The number of carbonyl (C=O) groups excluding carboxylic acids is 1. The number of aliphatic hydroxyl groups excluding tert-OH is 1. The first kappa shape index (κ1) is 14.9. The molecule has 1 aliphatic heterocycles. The summed E-state index contributed by atoms with van der Waals surface area (Å²) in [6, 6.07) is -1.04. The molecule has 4 unspecified atom stereocenters. The minimum Gasteiger partial charge on any atom is -0.480 e. The van der Waals surface area contributed by atoms with Crippen molar-refractivity contribution in [1.82, 2.24) is 5.32 Å². The van der Waals surface area contributed by atoms with Crippen LogP contribution in [0.15, 0.2) is 0 Å². The summed E-state index contributed by atoms with van der Waals surface area (Å²) >= 11 is 0. The lowest BCUT2D eigenvalue weighted by molar-refractivity contribution is -0.143. The quantitative estimate of drug-likeness (QED) is 0.645. The lowest BCUT2D eigenvalue weighted by atomic mass is 9.88. The predicted molar refractivity (Wildman–Crippen MR) is 63.9 cm³/mol. The highest BCUT2D eigenvalue weighted by atomic mass is 16.5. The van der Waals surface area contributed by atoms with Gasteiger partial charge >= 0.3 is 5.97 Å². The Hall–Kier alpha value is -1.14. The van der Waals surface area contributed by atoms with Crippen LogP contribution in [0, 0.1) is 11.8 Å². The molecule has 0 aromatic heterocycles. The van der Waals surface area contributed by atoms with E-state index in [0.717, 1.165) is 0 Å². The molecule has 0 aromatic rings. The van der Waals surface area contributed by atoms with Crippen LogP contribution in [0.2, 0.25) is 0 Å². The van der Waals surface area contributed by atoms with E-state index < -0.39 is 12.0 Å². The molecule has 0 aromatic carbocycles. The molecule has 0 aliphatic carbocycles. The summed E-state index contributed by atoms with van der Waals surface area (Å²) in [5, 5.41) is 20.2. The summed E-state index contributed by atoms with van der Waals surface area (Å²) in [6.45, 7) is 5.35. The van der Waals surface area contributed by atoms with Crippen molar-refractivity contribution in [1.29, 1.82) is 0 Å². The highest BCUT2D eigenvalue weighted by Gasteiger charge is 2.42. The maximum Gasteiger partial charge on any atom is 0.326 e. The summed E-state index contributed by atoms with van der Waals surface area (Å²) in [5.41, 5.74) is 0. The highest BCUT2D eigenvalue weighted by Crippen LogP contribution is 2.32. The van der Waals surface area contributed by atoms with Gasteiger partial charge in [-0.25, -0.2) is 4.79 Å². The van der Waals surface area contributed by atoms with E-state index in [1.165, 1.54) is 0 Å². The first-order valence-corrected chi connectivity index (χ1v) is 6.18. The van der Waals surface area contributed by atoms with E-state index in [4.69, 9.17) is 14.9 Å². The SMILES string of the molecule is CC1OC(C)C(C(=O)N[C@@H](CCO)C(=O)O)C1C. The Morgan fingerprint density at radius 1 is 1.28 bits per heavy atom. The number of carboxylic acids is 1. The summed E-state index contributed by atoms with van der Waals surface area (Å²) in [7, 11) is 0. The van der Waals surface area contributed by atoms with Crippen molar-refractivity contribution in [3.05, 3.63) is 0 Å². The Kier molecular flexibility index (Phi) is 5.10. The number of carbonyl (C=O) groups is 2. The van der Waals surface area contributed by atoms with E-state index in [2.05, 4.69) is 5.32 Å². The minimum atomic E-state index is -1.13. The van der Waals surface area contributed by atoms with Crippen molar-refractivity contribution in [3.8, 4) is 0 Å². The number of aliphatic carboxylic acids is 1. The maximum atomic E-state index is 12.1. The number of rotatable bonds is 5. The monoisotopic (exact) mass is 259 g/mol. The van der Waals surface area contributed by atoms with Crippen LogP contribution >= 0.6 is 0 Å². The van der Waals surface area contributed by atoms with Crippen molar-refractivity contribution in [2.75, 3.05) is 6.61 Å². The topological polar surface area (TPSA) is 95.9 Å². The van der Waals surface area contributed by atoms with Gasteiger partial charge in [0.1, 0.15) is 6.04 Å². The smallest absolute Gasteiger partial charge is 0.326 e. The van der Waals surface area contributed by atoms with Gasteiger partial charge in [-0.3, -0.25) is 4.79 Å². The van der Waals surface area contributed by atoms with Crippen molar-refractivity contribution in [3.63, 3.8) is 0 Å². The van der Waals surface area contributed by atoms with E-state index in [0.29, 0.717) is 0 Å². The third-order valence-corrected chi connectivity index (χ3v) is 3.58. The van der Waals surface area contributed by atoms with Gasteiger partial charge < -0.3 is 20.3 Å². The number of carboxylic acid groups (broad SMARTS) is 1. The third kappa shape index (κ3) is 3.20. The molecule has 6 nitrogen and oxygen atoms in total. The van der Waals surface area contributed by atoms with Crippen LogP contribution in [0.25, 0.3) is 0 Å². The number of amides is 1. The molecule has 1 saturated heterocycles. The largest absolute Gasteiger partial charge is 0.480 e. The molecule has 0 saturated carbocycles. The van der Waals surface area contributed by atoms with Gasteiger partial charge in [-0.2, -0.15) is 0 Å². The molecule has 5 atom stereocenters. The van der Waals surface area contributed by atoms with Crippen molar-refractivity contribution >= 4 is 11.9 Å². The second-order valence-corrected chi connectivity index (χ2v) is 4.84. The molecule has 18 heavy (non-hydrogen) atoms. The van der Waals surface area contributed by atoms with Gasteiger partial charge in [0, 0.05) is 13.0 Å². The summed E-state index contributed by atoms with van der Waals surface area (Å²) < 4.78 is 5.55. The molecule has 3 N–H and O–H groups in total. The van der Waals surface area contributed by atoms with Gasteiger partial charge in [0.05, 0.1) is 18.1 Å². The number of aliphatic hydroxyl groups is 1. The number of ether oxygens (including phenoxy) is 1. The predicted octanol–water partition coefficient (Wildman–Crippen LogP) is -0.00230. The molecular formula is C12H21NO5. The average molecular weight is 259 g/mol. The molecule has 0 bridgehead atoms. The molecular weight excluding hydrogens is 238 g/mol. The van der Waals surface area contributed by atoms with E-state index in [1.807, 2.05) is 20.8 Å². The Balaban J connectivity index is 2.66. The van der Waals surface area contributed by atoms with Gasteiger partial charge in [-0.1, -0.05) is 6.92 Å². The van der Waals surface area contributed by atoms with Crippen LogP contribution in [0.4, 0.5) is 0 Å². The minimum absolute atomic E-state index is 0.00691. The van der Waals surface area contributed by atoms with Crippen molar-refractivity contribution < 1.29 is 24.5 Å². The Morgan fingerprint density at radius 3 is 2.28 bits per heavy atom. The first-order chi connectivity index (χ1) is 8.38. The molecule has 1 amide bonds. The molecule has 1 aliphatic rings. The fraction of sp³-hybridized carbons (Fsp3) is 0.833. The van der Waals surface area contributed by atoms with Crippen LogP contribution in [-0.4, -0.2) is 46.9 Å². The van der Waals surface area contributed by atoms with Gasteiger partial charge in [0.15, 0.2) is 0 Å². The molecule has 0 radical (unpaired) electrons. The van der Waals surface area contributed by atoms with Crippen LogP contribution in [-0.2, 0) is 14.3 Å². The standard InChI is InChI=1S/C12H21NO5/c1-6-7(2)18-8(3)10(6)11(15)13-9(4-5-14)12(16)17/h6-10,14H,4-5H2,1-3H3,(H,13,15)(H,16,17)/t6?,7?,8?,9-,10?/m0/s1. The third-order valence-electron chi connectivity index (χ3n) is 3.58. The number of hydrogen-bond donors (Lipinski definition) is 3. The average Bonchev–Trinajstić information content (AvgIpc) is 2.52. The van der Waals surface area contributed by atoms with Crippen LogP contribution in [0.1, 0.15) is 27.2 Å². The van der Waals surface area contributed by atoms with E-state index in [-0.39, 0.29) is 43.0 Å². The second kappa shape index (κ2) is 6.15. The Labute approximate surface area is 106 Å². The van der Waals surface area contributed by atoms with Crippen molar-refractivity contribution in [2.45, 2.75) is 45.4 Å². The summed E-state index contributed by atoms with van der Waals surface area (Å²) in [4.78, 5) is 23.0. The zero-order valence-corrected chi connectivity index (χ0v) is 10.9. The van der Waals surface area contributed by atoms with Gasteiger partial charge in [0.25, 0.3) is 0 Å². The molecule has 104 valence electrons. The highest BCUT2D eigenvalue weighted by molar-refractivity contribution is 5.85. The van der Waals surface area contributed by atoms with E-state index in [1.54, 1.807) is 0 Å². The fourth-order valence-electron chi connectivity index (χ4n) is 2.37. The number of nitrogens with one attached hydrogen (secondary N) is 1. The lowest BCUT2D eigenvalue weighted by Gasteiger charge is -2.21. The fourth-order valence-corrected chi connectivity index (χ4v) is 2.37. The van der Waals surface area contributed by atoms with E-state index in [9.17, 15) is 9.59 Å². The van der Waals surface area contributed by atoms with Crippen LogP contribution in [0.5, 0.6) is 0 Å². The van der Waals surface area contributed by atoms with Crippen molar-refractivity contribution in [2.24, 2.45) is 11.8 Å². The summed E-state index contributed by atoms with van der Waals surface area (Å²) in [5.74, 6) is -1.76. The molecule has 6 heteroatoms. The Bertz CT molecular complexity index is 320. The molecule has 0 spiro atoms. The zero-order valence-electron chi connectivity index (χ0n) is 10.9. The van der Waals surface area contributed by atoms with Crippen LogP contribution in [0.3, 0.4) is 0 Å². The van der Waals surface area contributed by atoms with E-state index >= 15 is 0 Å². The normalized spacial score (nSPS) is 33.1. The van der Waals surface area contributed by atoms with Crippen LogP contribution < -0.4 is 5.32 Å². The van der Waals surface area contributed by atoms with Gasteiger partial charge in [-0.15, -0.1) is 0 Å². The lowest BCUT2D eigenvalue weighted by Crippen LogP contribution is -2.46. The Morgan fingerprint density at radius 2 is 1.89 bits per heavy atom. The summed E-state index contributed by atoms with van der Waals surface area (Å²) in [6.07, 6.45) is -0.233. The zero-order chi connectivity index (χ0) is 13.9. The molecule has 1 heterocycles. The first-order valence-electron chi connectivity index (χ1n) is 6.18. The molecule has 1 fully saturated rings. The second-order valence-electron chi connectivity index (χ2n) is 4.84. The molecule has 1 rings (SSSR count). The number of hydrogen-bond acceptors (Lipinski definition) is 4. The van der Waals surface area contributed by atoms with Gasteiger partial charge in [0.2, 0.25) is 5.91 Å². The maximum absolute atomic E-state index is 12.1. The van der Waals surface area contributed by atoms with Gasteiger partial charge in [-0.05, 0) is 19.8 Å².